The highest BCUT2D eigenvalue weighted by atomic mass is 35.5. The third kappa shape index (κ3) is 4.09. The normalized spacial score (nSPS) is 20.6. The van der Waals surface area contributed by atoms with Crippen LogP contribution in [-0.4, -0.2) is 41.5 Å². The van der Waals surface area contributed by atoms with E-state index in [1.165, 1.54) is 5.56 Å². The van der Waals surface area contributed by atoms with Gasteiger partial charge in [-0.05, 0) is 56.4 Å². The van der Waals surface area contributed by atoms with Crippen molar-refractivity contribution in [3.63, 3.8) is 0 Å². The second-order valence-electron chi connectivity index (χ2n) is 7.83. The summed E-state index contributed by atoms with van der Waals surface area (Å²) in [4.78, 5) is 28.1. The zero-order chi connectivity index (χ0) is 18.2. The lowest BCUT2D eigenvalue weighted by Gasteiger charge is -2.32. The minimum atomic E-state index is -0.502. The molecule has 2 aliphatic rings. The van der Waals surface area contributed by atoms with Gasteiger partial charge in [-0.3, -0.25) is 4.79 Å². The molecule has 1 fully saturated rings. The Morgan fingerprint density at radius 1 is 1.32 bits per heavy atom. The summed E-state index contributed by atoms with van der Waals surface area (Å²) < 4.78 is 5.48. The van der Waals surface area contributed by atoms with E-state index in [2.05, 4.69) is 6.07 Å². The Labute approximate surface area is 153 Å². The average Bonchev–Trinajstić information content (AvgIpc) is 2.93. The van der Waals surface area contributed by atoms with Crippen LogP contribution in [0.15, 0.2) is 18.2 Å². The van der Waals surface area contributed by atoms with Gasteiger partial charge < -0.3 is 14.5 Å². The van der Waals surface area contributed by atoms with Crippen LogP contribution in [0.25, 0.3) is 0 Å². The minimum absolute atomic E-state index is 0.116. The summed E-state index contributed by atoms with van der Waals surface area (Å²) in [6, 6.07) is 6.09. The second kappa shape index (κ2) is 6.87. The number of hydrogen-bond acceptors (Lipinski definition) is 3. The number of amides is 2. The van der Waals surface area contributed by atoms with Crippen molar-refractivity contribution >= 4 is 29.3 Å². The Balaban J connectivity index is 1.76. The van der Waals surface area contributed by atoms with Crippen molar-refractivity contribution < 1.29 is 14.3 Å². The van der Waals surface area contributed by atoms with Crippen LogP contribution in [0.5, 0.6) is 0 Å². The van der Waals surface area contributed by atoms with Gasteiger partial charge >= 0.3 is 6.09 Å². The number of hydrogen-bond donors (Lipinski definition) is 0. The standard InChI is InChI=1S/C19H25ClN2O3/c1-19(2,3)25-18(24)21-7-6-14-4-5-16(9-15(14)12-21)22-11-13(10-20)8-17(22)23/h4-5,9,13H,6-8,10-12H2,1-3H3. The molecule has 0 aliphatic carbocycles. The third-order valence-electron chi connectivity index (χ3n) is 4.59. The van der Waals surface area contributed by atoms with Gasteiger partial charge in [0.05, 0.1) is 0 Å². The van der Waals surface area contributed by atoms with E-state index >= 15 is 0 Å². The van der Waals surface area contributed by atoms with Crippen molar-refractivity contribution in [2.24, 2.45) is 5.92 Å². The van der Waals surface area contributed by atoms with Crippen molar-refractivity contribution in [2.45, 2.75) is 45.8 Å². The van der Waals surface area contributed by atoms with Crippen molar-refractivity contribution in [3.8, 4) is 0 Å². The molecule has 0 aromatic heterocycles. The van der Waals surface area contributed by atoms with Gasteiger partial charge in [0.25, 0.3) is 0 Å². The lowest BCUT2D eigenvalue weighted by atomic mass is 9.99. The van der Waals surface area contributed by atoms with Gasteiger partial charge in [0.2, 0.25) is 5.91 Å². The summed E-state index contributed by atoms with van der Waals surface area (Å²) in [7, 11) is 0. The molecule has 1 saturated heterocycles. The Hall–Kier alpha value is -1.75. The molecule has 1 atom stereocenters. The summed E-state index contributed by atoms with van der Waals surface area (Å²) in [6.07, 6.45) is 1.01. The van der Waals surface area contributed by atoms with Crippen LogP contribution < -0.4 is 4.90 Å². The van der Waals surface area contributed by atoms with Gasteiger partial charge in [0.1, 0.15) is 5.60 Å². The molecule has 2 heterocycles. The van der Waals surface area contributed by atoms with E-state index in [9.17, 15) is 9.59 Å². The molecule has 0 saturated carbocycles. The SMILES string of the molecule is CC(C)(C)OC(=O)N1CCc2ccc(N3CC(CCl)CC3=O)cc2C1. The van der Waals surface area contributed by atoms with Crippen LogP contribution in [0.2, 0.25) is 0 Å². The van der Waals surface area contributed by atoms with Crippen molar-refractivity contribution in [3.05, 3.63) is 29.3 Å². The third-order valence-corrected chi connectivity index (χ3v) is 5.03. The number of benzene rings is 1. The molecule has 1 aromatic carbocycles. The van der Waals surface area contributed by atoms with E-state index in [-0.39, 0.29) is 17.9 Å². The summed E-state index contributed by atoms with van der Waals surface area (Å²) in [5.74, 6) is 0.827. The highest BCUT2D eigenvalue weighted by Gasteiger charge is 2.31. The molecule has 0 N–H and O–H groups in total. The van der Waals surface area contributed by atoms with Crippen LogP contribution in [0.4, 0.5) is 10.5 Å². The first-order valence-corrected chi connectivity index (χ1v) is 9.26. The number of alkyl halides is 1. The number of halogens is 1. The van der Waals surface area contributed by atoms with E-state index in [1.807, 2.05) is 32.9 Å². The number of carbonyl (C=O) groups is 2. The molecule has 1 aromatic rings. The summed E-state index contributed by atoms with van der Waals surface area (Å²) >= 11 is 5.91. The lowest BCUT2D eigenvalue weighted by Crippen LogP contribution is -2.40. The molecule has 2 amide bonds. The second-order valence-corrected chi connectivity index (χ2v) is 8.14. The smallest absolute Gasteiger partial charge is 0.410 e. The number of rotatable bonds is 2. The first-order chi connectivity index (χ1) is 11.8. The molecule has 2 aliphatic heterocycles. The predicted molar refractivity (Wildman–Crippen MR) is 98.0 cm³/mol. The first kappa shape index (κ1) is 18.1. The fourth-order valence-electron chi connectivity index (χ4n) is 3.33. The van der Waals surface area contributed by atoms with Crippen LogP contribution in [-0.2, 0) is 22.5 Å². The maximum atomic E-state index is 12.3. The Morgan fingerprint density at radius 2 is 2.08 bits per heavy atom. The van der Waals surface area contributed by atoms with Crippen LogP contribution >= 0.6 is 11.6 Å². The average molecular weight is 365 g/mol. The molecule has 25 heavy (non-hydrogen) atoms. The number of anilines is 1. The molecule has 6 heteroatoms. The van der Waals surface area contributed by atoms with E-state index in [0.717, 1.165) is 17.7 Å². The highest BCUT2D eigenvalue weighted by molar-refractivity contribution is 6.18. The van der Waals surface area contributed by atoms with Crippen LogP contribution in [0.3, 0.4) is 0 Å². The van der Waals surface area contributed by atoms with Gasteiger partial charge in [0, 0.05) is 37.6 Å². The van der Waals surface area contributed by atoms with E-state index in [1.54, 1.807) is 9.80 Å². The molecule has 3 rings (SSSR count). The summed E-state index contributed by atoms with van der Waals surface area (Å²) in [5, 5.41) is 0. The maximum absolute atomic E-state index is 12.3. The van der Waals surface area contributed by atoms with Gasteiger partial charge in [-0.25, -0.2) is 4.79 Å². The molecule has 0 radical (unpaired) electrons. The van der Waals surface area contributed by atoms with Crippen molar-refractivity contribution in [2.75, 3.05) is 23.9 Å². The zero-order valence-corrected chi connectivity index (χ0v) is 15.8. The number of carbonyl (C=O) groups excluding carboxylic acids is 2. The Kier molecular flexibility index (Phi) is 4.96. The number of ether oxygens (including phenoxy) is 1. The topological polar surface area (TPSA) is 49.9 Å². The largest absolute Gasteiger partial charge is 0.444 e. The van der Waals surface area contributed by atoms with E-state index in [0.29, 0.717) is 31.9 Å². The fourth-order valence-corrected chi connectivity index (χ4v) is 3.53. The monoisotopic (exact) mass is 364 g/mol. The van der Waals surface area contributed by atoms with Gasteiger partial charge in [-0.1, -0.05) is 6.07 Å². The quantitative estimate of drug-likeness (QED) is 0.754. The lowest BCUT2D eigenvalue weighted by molar-refractivity contribution is -0.117. The molecule has 136 valence electrons. The maximum Gasteiger partial charge on any atom is 0.410 e. The van der Waals surface area contributed by atoms with E-state index < -0.39 is 5.60 Å². The highest BCUT2D eigenvalue weighted by Crippen LogP contribution is 2.30. The van der Waals surface area contributed by atoms with Gasteiger partial charge in [0.15, 0.2) is 0 Å². The summed E-state index contributed by atoms with van der Waals surface area (Å²) in [6.45, 7) is 7.43. The minimum Gasteiger partial charge on any atom is -0.444 e. The predicted octanol–water partition coefficient (Wildman–Crippen LogP) is 3.57. The number of nitrogens with zero attached hydrogens (tertiary/aromatic N) is 2. The number of fused-ring (bicyclic) bond motifs is 1. The Morgan fingerprint density at radius 3 is 2.72 bits per heavy atom. The molecular weight excluding hydrogens is 340 g/mol. The fraction of sp³-hybridized carbons (Fsp3) is 0.579. The summed E-state index contributed by atoms with van der Waals surface area (Å²) in [5.41, 5.74) is 2.70. The molecule has 1 unspecified atom stereocenters. The first-order valence-electron chi connectivity index (χ1n) is 8.73. The van der Waals surface area contributed by atoms with Crippen LogP contribution in [0, 0.1) is 5.92 Å². The van der Waals surface area contributed by atoms with E-state index in [4.69, 9.17) is 16.3 Å². The molecule has 5 nitrogen and oxygen atoms in total. The molecule has 0 spiro atoms. The van der Waals surface area contributed by atoms with Crippen molar-refractivity contribution in [1.29, 1.82) is 0 Å². The Bertz CT molecular complexity index is 684. The molecular formula is C19H25ClN2O3. The zero-order valence-electron chi connectivity index (χ0n) is 15.0. The molecule has 0 bridgehead atoms. The van der Waals surface area contributed by atoms with Gasteiger partial charge in [-0.2, -0.15) is 0 Å². The van der Waals surface area contributed by atoms with Crippen molar-refractivity contribution in [1.82, 2.24) is 4.90 Å². The van der Waals surface area contributed by atoms with Crippen LogP contribution in [0.1, 0.15) is 38.3 Å². The van der Waals surface area contributed by atoms with Gasteiger partial charge in [-0.15, -0.1) is 11.6 Å².